The van der Waals surface area contributed by atoms with Gasteiger partial charge in [0.25, 0.3) is 5.91 Å². The molecule has 0 aromatic carbocycles. The van der Waals surface area contributed by atoms with Crippen LogP contribution in [-0.2, 0) is 9.53 Å². The lowest BCUT2D eigenvalue weighted by molar-refractivity contribution is -0.123. The number of carbonyl (C=O) groups is 2. The number of piperidine rings is 1. The highest BCUT2D eigenvalue weighted by Gasteiger charge is 2.26. The van der Waals surface area contributed by atoms with E-state index in [2.05, 4.69) is 4.98 Å². The molecule has 0 spiro atoms. The molecule has 3 heterocycles. The Hall–Kier alpha value is -2.15. The van der Waals surface area contributed by atoms with Crippen molar-refractivity contribution in [3.8, 4) is 5.88 Å². The highest BCUT2D eigenvalue weighted by atomic mass is 16.5. The standard InChI is InChI=1S/C18H25N3O4/c19-17(22)14-3-7-21(8-4-14)18(23)15-1-2-16(20-11-15)25-12-13-5-9-24-10-6-13/h1-2,11,13-14H,3-10,12H2,(H2,19,22). The molecule has 7 heteroatoms. The van der Waals surface area contributed by atoms with Gasteiger partial charge >= 0.3 is 0 Å². The summed E-state index contributed by atoms with van der Waals surface area (Å²) in [6.45, 7) is 3.32. The first-order chi connectivity index (χ1) is 12.1. The Kier molecular flexibility index (Phi) is 5.86. The van der Waals surface area contributed by atoms with Crippen LogP contribution >= 0.6 is 0 Å². The molecule has 136 valence electrons. The van der Waals surface area contributed by atoms with Gasteiger partial charge in [0.2, 0.25) is 11.8 Å². The van der Waals surface area contributed by atoms with E-state index in [0.717, 1.165) is 26.1 Å². The molecule has 7 nitrogen and oxygen atoms in total. The first-order valence-electron chi connectivity index (χ1n) is 8.88. The van der Waals surface area contributed by atoms with Crippen LogP contribution in [0.4, 0.5) is 0 Å². The van der Waals surface area contributed by atoms with E-state index in [0.29, 0.717) is 49.9 Å². The Bertz CT molecular complexity index is 591. The molecular weight excluding hydrogens is 322 g/mol. The first kappa shape index (κ1) is 17.7. The number of primary amides is 1. The van der Waals surface area contributed by atoms with Gasteiger partial charge in [0, 0.05) is 44.5 Å². The summed E-state index contributed by atoms with van der Waals surface area (Å²) in [5.74, 6) is 0.577. The Morgan fingerprint density at radius 3 is 2.52 bits per heavy atom. The Morgan fingerprint density at radius 2 is 1.92 bits per heavy atom. The molecule has 0 radical (unpaired) electrons. The zero-order valence-electron chi connectivity index (χ0n) is 14.4. The first-order valence-corrected chi connectivity index (χ1v) is 8.88. The molecule has 2 fully saturated rings. The average Bonchev–Trinajstić information content (AvgIpc) is 2.67. The van der Waals surface area contributed by atoms with Crippen LogP contribution < -0.4 is 10.5 Å². The number of hydrogen-bond acceptors (Lipinski definition) is 5. The fourth-order valence-corrected chi connectivity index (χ4v) is 3.26. The van der Waals surface area contributed by atoms with Gasteiger partial charge in [-0.15, -0.1) is 0 Å². The molecule has 25 heavy (non-hydrogen) atoms. The van der Waals surface area contributed by atoms with Crippen molar-refractivity contribution in [2.75, 3.05) is 32.9 Å². The lowest BCUT2D eigenvalue weighted by Crippen LogP contribution is -2.41. The third-order valence-electron chi connectivity index (χ3n) is 4.98. The van der Waals surface area contributed by atoms with E-state index in [9.17, 15) is 9.59 Å². The Balaban J connectivity index is 1.49. The number of rotatable bonds is 5. The van der Waals surface area contributed by atoms with Crippen LogP contribution in [0.3, 0.4) is 0 Å². The van der Waals surface area contributed by atoms with Crippen molar-refractivity contribution >= 4 is 11.8 Å². The Morgan fingerprint density at radius 1 is 1.20 bits per heavy atom. The van der Waals surface area contributed by atoms with Gasteiger partial charge < -0.3 is 20.1 Å². The maximum atomic E-state index is 12.5. The molecule has 1 aromatic rings. The van der Waals surface area contributed by atoms with Crippen molar-refractivity contribution < 1.29 is 19.1 Å². The van der Waals surface area contributed by atoms with Crippen molar-refractivity contribution in [1.29, 1.82) is 0 Å². The summed E-state index contributed by atoms with van der Waals surface area (Å²) in [5.41, 5.74) is 5.86. The van der Waals surface area contributed by atoms with Crippen LogP contribution in [0.15, 0.2) is 18.3 Å². The number of amides is 2. The molecule has 3 rings (SSSR count). The second-order valence-corrected chi connectivity index (χ2v) is 6.72. The van der Waals surface area contributed by atoms with Gasteiger partial charge in [0.15, 0.2) is 0 Å². The van der Waals surface area contributed by atoms with Gasteiger partial charge in [-0.25, -0.2) is 4.98 Å². The summed E-state index contributed by atoms with van der Waals surface area (Å²) in [6, 6.07) is 3.48. The number of ether oxygens (including phenoxy) is 2. The third kappa shape index (κ3) is 4.69. The minimum absolute atomic E-state index is 0.0635. The molecule has 1 aromatic heterocycles. The summed E-state index contributed by atoms with van der Waals surface area (Å²) in [4.78, 5) is 29.7. The average molecular weight is 347 g/mol. The van der Waals surface area contributed by atoms with Crippen LogP contribution in [0.2, 0.25) is 0 Å². The van der Waals surface area contributed by atoms with Crippen LogP contribution in [0.5, 0.6) is 5.88 Å². The smallest absolute Gasteiger partial charge is 0.255 e. The lowest BCUT2D eigenvalue weighted by atomic mass is 9.96. The van der Waals surface area contributed by atoms with Gasteiger partial charge in [0.05, 0.1) is 12.2 Å². The molecule has 0 unspecified atom stereocenters. The highest BCUT2D eigenvalue weighted by Crippen LogP contribution is 2.20. The summed E-state index contributed by atoms with van der Waals surface area (Å²) in [7, 11) is 0. The summed E-state index contributed by atoms with van der Waals surface area (Å²) in [6.07, 6.45) is 4.83. The van der Waals surface area contributed by atoms with Crippen molar-refractivity contribution in [2.45, 2.75) is 25.7 Å². The molecule has 0 saturated carbocycles. The van der Waals surface area contributed by atoms with Crippen LogP contribution in [-0.4, -0.2) is 54.6 Å². The zero-order valence-corrected chi connectivity index (χ0v) is 14.4. The number of pyridine rings is 1. The molecule has 2 aliphatic heterocycles. The lowest BCUT2D eigenvalue weighted by Gasteiger charge is -2.30. The summed E-state index contributed by atoms with van der Waals surface area (Å²) >= 11 is 0. The summed E-state index contributed by atoms with van der Waals surface area (Å²) < 4.78 is 11.1. The Labute approximate surface area is 147 Å². The predicted molar refractivity (Wildman–Crippen MR) is 91.1 cm³/mol. The van der Waals surface area contributed by atoms with Crippen LogP contribution in [0, 0.1) is 11.8 Å². The maximum absolute atomic E-state index is 12.5. The highest BCUT2D eigenvalue weighted by molar-refractivity contribution is 5.94. The van der Waals surface area contributed by atoms with Crippen molar-refractivity contribution in [3.05, 3.63) is 23.9 Å². The number of nitrogens with two attached hydrogens (primary N) is 1. The number of aromatic nitrogens is 1. The summed E-state index contributed by atoms with van der Waals surface area (Å²) in [5, 5.41) is 0. The maximum Gasteiger partial charge on any atom is 0.255 e. The minimum atomic E-state index is -0.278. The van der Waals surface area contributed by atoms with E-state index in [-0.39, 0.29) is 17.7 Å². The molecule has 2 aliphatic rings. The third-order valence-corrected chi connectivity index (χ3v) is 4.98. The van der Waals surface area contributed by atoms with Crippen molar-refractivity contribution in [3.63, 3.8) is 0 Å². The zero-order chi connectivity index (χ0) is 17.6. The fourth-order valence-electron chi connectivity index (χ4n) is 3.26. The van der Waals surface area contributed by atoms with Gasteiger partial charge in [-0.3, -0.25) is 9.59 Å². The van der Waals surface area contributed by atoms with E-state index in [1.54, 1.807) is 23.2 Å². The second kappa shape index (κ2) is 8.29. The van der Waals surface area contributed by atoms with E-state index in [4.69, 9.17) is 15.2 Å². The SMILES string of the molecule is NC(=O)C1CCN(C(=O)c2ccc(OCC3CCOCC3)nc2)CC1. The van der Waals surface area contributed by atoms with Crippen LogP contribution in [0.25, 0.3) is 0 Å². The fraction of sp³-hybridized carbons (Fsp3) is 0.611. The van der Waals surface area contributed by atoms with E-state index in [1.807, 2.05) is 0 Å². The molecule has 0 atom stereocenters. The number of hydrogen-bond donors (Lipinski definition) is 1. The number of likely N-dealkylation sites (tertiary alicyclic amines) is 1. The van der Waals surface area contributed by atoms with Gasteiger partial charge in [0.1, 0.15) is 0 Å². The van der Waals surface area contributed by atoms with Crippen LogP contribution in [0.1, 0.15) is 36.0 Å². The number of nitrogens with zero attached hydrogens (tertiary/aromatic N) is 2. The molecule has 2 amide bonds. The van der Waals surface area contributed by atoms with Crippen molar-refractivity contribution in [1.82, 2.24) is 9.88 Å². The molecular formula is C18H25N3O4. The van der Waals surface area contributed by atoms with E-state index >= 15 is 0 Å². The van der Waals surface area contributed by atoms with Gasteiger partial charge in [-0.05, 0) is 37.7 Å². The largest absolute Gasteiger partial charge is 0.477 e. The molecule has 2 N–H and O–H groups in total. The second-order valence-electron chi connectivity index (χ2n) is 6.72. The topological polar surface area (TPSA) is 94.8 Å². The normalized spacial score (nSPS) is 19.6. The van der Waals surface area contributed by atoms with Crippen molar-refractivity contribution in [2.24, 2.45) is 17.6 Å². The predicted octanol–water partition coefficient (Wildman–Crippen LogP) is 1.22. The molecule has 0 aliphatic carbocycles. The molecule has 2 saturated heterocycles. The van der Waals surface area contributed by atoms with E-state index in [1.165, 1.54) is 0 Å². The quantitative estimate of drug-likeness (QED) is 0.864. The molecule has 0 bridgehead atoms. The van der Waals surface area contributed by atoms with E-state index < -0.39 is 0 Å². The number of carbonyl (C=O) groups excluding carboxylic acids is 2. The van der Waals surface area contributed by atoms with Gasteiger partial charge in [-0.1, -0.05) is 0 Å². The minimum Gasteiger partial charge on any atom is -0.477 e. The van der Waals surface area contributed by atoms with Gasteiger partial charge in [-0.2, -0.15) is 0 Å². The monoisotopic (exact) mass is 347 g/mol.